The molecule has 3 rings (SSSR count). The Hall–Kier alpha value is -2.83. The number of aryl methyl sites for hydroxylation is 2. The van der Waals surface area contributed by atoms with Crippen molar-refractivity contribution in [2.45, 2.75) is 39.3 Å². The van der Waals surface area contributed by atoms with E-state index in [9.17, 15) is 9.59 Å². The van der Waals surface area contributed by atoms with Gasteiger partial charge in [-0.25, -0.2) is 4.79 Å². The number of ether oxygens (including phenoxy) is 2. The van der Waals surface area contributed by atoms with E-state index < -0.39 is 12.0 Å². The maximum atomic E-state index is 12.9. The van der Waals surface area contributed by atoms with Crippen molar-refractivity contribution in [3.8, 4) is 5.75 Å². The van der Waals surface area contributed by atoms with Crippen LogP contribution in [0.5, 0.6) is 5.75 Å². The zero-order chi connectivity index (χ0) is 18.7. The summed E-state index contributed by atoms with van der Waals surface area (Å²) in [7, 11) is 1.32. The molecule has 0 bridgehead atoms. The third kappa shape index (κ3) is 3.56. The van der Waals surface area contributed by atoms with Crippen LogP contribution in [-0.2, 0) is 16.1 Å². The lowest BCUT2D eigenvalue weighted by Crippen LogP contribution is -2.41. The van der Waals surface area contributed by atoms with Gasteiger partial charge in [-0.3, -0.25) is 4.79 Å². The van der Waals surface area contributed by atoms with Gasteiger partial charge in [-0.1, -0.05) is 22.9 Å². The Balaban J connectivity index is 1.77. The fourth-order valence-electron chi connectivity index (χ4n) is 3.05. The molecule has 1 aliphatic heterocycles. The number of aromatic nitrogens is 1. The summed E-state index contributed by atoms with van der Waals surface area (Å²) in [6, 6.07) is 7.07. The first-order valence-electron chi connectivity index (χ1n) is 8.54. The Labute approximate surface area is 151 Å². The molecule has 1 unspecified atom stereocenters. The molecule has 7 heteroatoms. The lowest BCUT2D eigenvalue weighted by atomic mass is 10.1. The molecular formula is C19H22N2O5. The van der Waals surface area contributed by atoms with Crippen LogP contribution >= 0.6 is 0 Å². The maximum Gasteiger partial charge on any atom is 0.328 e. The molecule has 1 fully saturated rings. The number of nitrogens with zero attached hydrogens (tertiary/aromatic N) is 2. The van der Waals surface area contributed by atoms with Gasteiger partial charge in [-0.05, 0) is 38.8 Å². The minimum absolute atomic E-state index is 0.163. The molecule has 1 atom stereocenters. The highest BCUT2D eigenvalue weighted by Crippen LogP contribution is 2.24. The van der Waals surface area contributed by atoms with E-state index in [0.717, 1.165) is 12.0 Å². The monoisotopic (exact) mass is 358 g/mol. The number of hydrogen-bond acceptors (Lipinski definition) is 6. The van der Waals surface area contributed by atoms with Crippen LogP contribution in [0.25, 0.3) is 0 Å². The topological polar surface area (TPSA) is 81.9 Å². The Bertz CT molecular complexity index is 797. The molecule has 2 heterocycles. The first kappa shape index (κ1) is 18.0. The van der Waals surface area contributed by atoms with Gasteiger partial charge in [0.1, 0.15) is 24.2 Å². The minimum atomic E-state index is -0.574. The standard InChI is InChI=1S/C19H22N2O5/c1-12-6-8-14(9-7-12)25-11-15-13(2)26-20-17(15)18(22)21-10-4-5-16(21)19(23)24-3/h6-9,16H,4-5,10-11H2,1-3H3. The average molecular weight is 358 g/mol. The van der Waals surface area contributed by atoms with Crippen LogP contribution in [0, 0.1) is 13.8 Å². The van der Waals surface area contributed by atoms with E-state index in [4.69, 9.17) is 14.0 Å². The van der Waals surface area contributed by atoms with Gasteiger partial charge in [0.15, 0.2) is 5.69 Å². The molecule has 0 spiro atoms. The van der Waals surface area contributed by atoms with Gasteiger partial charge in [-0.15, -0.1) is 0 Å². The van der Waals surface area contributed by atoms with Crippen LogP contribution in [0.1, 0.15) is 40.2 Å². The molecule has 1 amide bonds. The number of benzene rings is 1. The van der Waals surface area contributed by atoms with E-state index in [1.165, 1.54) is 12.0 Å². The molecule has 1 aromatic heterocycles. The van der Waals surface area contributed by atoms with Gasteiger partial charge in [0.2, 0.25) is 0 Å². The number of carbonyl (C=O) groups excluding carboxylic acids is 2. The summed E-state index contributed by atoms with van der Waals surface area (Å²) in [5.74, 6) is 0.475. The Morgan fingerprint density at radius 2 is 2.00 bits per heavy atom. The number of likely N-dealkylation sites (tertiary alicyclic amines) is 1. The van der Waals surface area contributed by atoms with Crippen LogP contribution in [0.3, 0.4) is 0 Å². The highest BCUT2D eigenvalue weighted by molar-refractivity contribution is 5.96. The van der Waals surface area contributed by atoms with Crippen LogP contribution in [0.15, 0.2) is 28.8 Å². The lowest BCUT2D eigenvalue weighted by Gasteiger charge is -2.21. The molecule has 0 radical (unpaired) electrons. The summed E-state index contributed by atoms with van der Waals surface area (Å²) >= 11 is 0. The maximum absolute atomic E-state index is 12.9. The molecule has 138 valence electrons. The van der Waals surface area contributed by atoms with Crippen molar-refractivity contribution in [1.82, 2.24) is 10.1 Å². The second-order valence-corrected chi connectivity index (χ2v) is 6.35. The molecule has 1 saturated heterocycles. The Kier molecular flexibility index (Phi) is 5.25. The molecular weight excluding hydrogens is 336 g/mol. The van der Waals surface area contributed by atoms with Crippen molar-refractivity contribution in [3.05, 3.63) is 46.8 Å². The molecule has 1 aliphatic rings. The van der Waals surface area contributed by atoms with Crippen molar-refractivity contribution in [3.63, 3.8) is 0 Å². The summed E-state index contributed by atoms with van der Waals surface area (Å²) < 4.78 is 15.8. The van der Waals surface area contributed by atoms with E-state index in [0.29, 0.717) is 30.0 Å². The minimum Gasteiger partial charge on any atom is -0.489 e. The summed E-state index contributed by atoms with van der Waals surface area (Å²) in [6.07, 6.45) is 1.34. The van der Waals surface area contributed by atoms with Crippen LogP contribution in [0.2, 0.25) is 0 Å². The van der Waals surface area contributed by atoms with Gasteiger partial charge >= 0.3 is 5.97 Å². The fraction of sp³-hybridized carbons (Fsp3) is 0.421. The predicted octanol–water partition coefficient (Wildman–Crippen LogP) is 2.65. The number of hydrogen-bond donors (Lipinski definition) is 0. The quantitative estimate of drug-likeness (QED) is 0.764. The predicted molar refractivity (Wildman–Crippen MR) is 92.8 cm³/mol. The third-order valence-electron chi connectivity index (χ3n) is 4.58. The highest BCUT2D eigenvalue weighted by atomic mass is 16.5. The van der Waals surface area contributed by atoms with Crippen LogP contribution in [-0.4, -0.2) is 41.6 Å². The number of esters is 1. The molecule has 0 aliphatic carbocycles. The van der Waals surface area contributed by atoms with Crippen LogP contribution < -0.4 is 4.74 Å². The van der Waals surface area contributed by atoms with E-state index in [2.05, 4.69) is 5.16 Å². The van der Waals surface area contributed by atoms with Crippen molar-refractivity contribution >= 4 is 11.9 Å². The number of amides is 1. The first-order chi connectivity index (χ1) is 12.5. The molecule has 7 nitrogen and oxygen atoms in total. The number of carbonyl (C=O) groups is 2. The summed E-state index contributed by atoms with van der Waals surface area (Å²) in [5.41, 5.74) is 1.91. The van der Waals surface area contributed by atoms with Gasteiger partial charge in [-0.2, -0.15) is 0 Å². The van der Waals surface area contributed by atoms with Crippen LogP contribution in [0.4, 0.5) is 0 Å². The molecule has 0 N–H and O–H groups in total. The molecule has 1 aromatic carbocycles. The third-order valence-corrected chi connectivity index (χ3v) is 4.58. The Morgan fingerprint density at radius 3 is 2.69 bits per heavy atom. The Morgan fingerprint density at radius 1 is 1.27 bits per heavy atom. The van der Waals surface area contributed by atoms with Gasteiger partial charge in [0, 0.05) is 6.54 Å². The summed E-state index contributed by atoms with van der Waals surface area (Å²) in [6.45, 7) is 4.39. The SMILES string of the molecule is COC(=O)C1CCCN1C(=O)c1noc(C)c1COc1ccc(C)cc1. The van der Waals surface area contributed by atoms with Crippen molar-refractivity contribution in [2.75, 3.05) is 13.7 Å². The van der Waals surface area contributed by atoms with Gasteiger partial charge in [0.25, 0.3) is 5.91 Å². The lowest BCUT2D eigenvalue weighted by molar-refractivity contribution is -0.145. The fourth-order valence-corrected chi connectivity index (χ4v) is 3.05. The second kappa shape index (κ2) is 7.59. The van der Waals surface area contributed by atoms with Crippen molar-refractivity contribution in [2.24, 2.45) is 0 Å². The van der Waals surface area contributed by atoms with Crippen molar-refractivity contribution < 1.29 is 23.6 Å². The van der Waals surface area contributed by atoms with E-state index in [-0.39, 0.29) is 18.2 Å². The zero-order valence-corrected chi connectivity index (χ0v) is 15.2. The van der Waals surface area contributed by atoms with E-state index in [1.807, 2.05) is 31.2 Å². The largest absolute Gasteiger partial charge is 0.489 e. The molecule has 0 saturated carbocycles. The molecule has 26 heavy (non-hydrogen) atoms. The molecule has 2 aromatic rings. The highest BCUT2D eigenvalue weighted by Gasteiger charge is 2.37. The number of rotatable bonds is 5. The normalized spacial score (nSPS) is 16.6. The van der Waals surface area contributed by atoms with Gasteiger partial charge < -0.3 is 18.9 Å². The smallest absolute Gasteiger partial charge is 0.328 e. The van der Waals surface area contributed by atoms with E-state index >= 15 is 0 Å². The average Bonchev–Trinajstić information content (AvgIpc) is 3.27. The number of methoxy groups -OCH3 is 1. The summed E-state index contributed by atoms with van der Waals surface area (Å²) in [4.78, 5) is 26.3. The van der Waals surface area contributed by atoms with Crippen molar-refractivity contribution in [1.29, 1.82) is 0 Å². The first-order valence-corrected chi connectivity index (χ1v) is 8.54. The van der Waals surface area contributed by atoms with Gasteiger partial charge in [0.05, 0.1) is 12.7 Å². The zero-order valence-electron chi connectivity index (χ0n) is 15.2. The second-order valence-electron chi connectivity index (χ2n) is 6.35. The van der Waals surface area contributed by atoms with E-state index in [1.54, 1.807) is 6.92 Å². The summed E-state index contributed by atoms with van der Waals surface area (Å²) in [5, 5.41) is 3.91.